The second kappa shape index (κ2) is 6.30. The van der Waals surface area contributed by atoms with Gasteiger partial charge in [-0.25, -0.2) is 4.98 Å². The van der Waals surface area contributed by atoms with Crippen LogP contribution in [-0.2, 0) is 12.8 Å². The average molecular weight is 305 g/mol. The number of nitrogens with one attached hydrogen (secondary N) is 1. The van der Waals surface area contributed by atoms with Gasteiger partial charge in [0.1, 0.15) is 10.8 Å². The molecule has 0 saturated carbocycles. The molecule has 0 aliphatic heterocycles. The summed E-state index contributed by atoms with van der Waals surface area (Å²) in [5.74, 6) is 1.45. The quantitative estimate of drug-likeness (QED) is 0.815. The van der Waals surface area contributed by atoms with Crippen molar-refractivity contribution >= 4 is 23.0 Å². The first kappa shape index (κ1) is 16.2. The molecule has 1 heterocycles. The second-order valence-electron chi connectivity index (χ2n) is 7.06. The molecule has 4 heteroatoms. The van der Waals surface area contributed by atoms with Crippen molar-refractivity contribution in [1.82, 2.24) is 4.98 Å². The molecule has 21 heavy (non-hydrogen) atoms. The number of thiocarbonyl (C=S) groups is 1. The molecular formula is C17H27N3S. The van der Waals surface area contributed by atoms with Crippen LogP contribution in [0, 0.1) is 11.3 Å². The highest BCUT2D eigenvalue weighted by Crippen LogP contribution is 2.28. The highest BCUT2D eigenvalue weighted by atomic mass is 32.1. The fourth-order valence-electron chi connectivity index (χ4n) is 2.47. The SMILES string of the molecule is CC(C)C(C)(C)CNc1nc2c(cc1C(N)=S)CCCC2. The zero-order valence-corrected chi connectivity index (χ0v) is 14.4. The fraction of sp³-hybridized carbons (Fsp3) is 0.647. The number of nitrogens with two attached hydrogens (primary N) is 1. The van der Waals surface area contributed by atoms with Gasteiger partial charge in [0.15, 0.2) is 0 Å². The summed E-state index contributed by atoms with van der Waals surface area (Å²) >= 11 is 5.21. The molecule has 3 nitrogen and oxygen atoms in total. The minimum absolute atomic E-state index is 0.199. The summed E-state index contributed by atoms with van der Waals surface area (Å²) in [6.45, 7) is 9.89. The van der Waals surface area contributed by atoms with Crippen molar-refractivity contribution in [3.63, 3.8) is 0 Å². The molecule has 0 unspecified atom stereocenters. The Hall–Kier alpha value is -1.16. The summed E-state index contributed by atoms with van der Waals surface area (Å²) in [7, 11) is 0. The van der Waals surface area contributed by atoms with Gasteiger partial charge in [-0.15, -0.1) is 0 Å². The van der Waals surface area contributed by atoms with Crippen molar-refractivity contribution < 1.29 is 0 Å². The van der Waals surface area contributed by atoms with Gasteiger partial charge in [0.25, 0.3) is 0 Å². The van der Waals surface area contributed by atoms with Crippen molar-refractivity contribution in [2.45, 2.75) is 53.4 Å². The van der Waals surface area contributed by atoms with Crippen LogP contribution in [0.25, 0.3) is 0 Å². The minimum atomic E-state index is 0.199. The number of hydrogen-bond donors (Lipinski definition) is 2. The Morgan fingerprint density at radius 1 is 1.38 bits per heavy atom. The van der Waals surface area contributed by atoms with E-state index in [1.807, 2.05) is 0 Å². The zero-order chi connectivity index (χ0) is 15.6. The number of anilines is 1. The van der Waals surface area contributed by atoms with E-state index in [4.69, 9.17) is 22.9 Å². The Morgan fingerprint density at radius 2 is 2.05 bits per heavy atom. The molecule has 1 aliphatic carbocycles. The molecule has 0 atom stereocenters. The molecule has 1 aliphatic rings. The average Bonchev–Trinajstić information content (AvgIpc) is 2.43. The van der Waals surface area contributed by atoms with Gasteiger partial charge in [-0.1, -0.05) is 39.9 Å². The van der Waals surface area contributed by atoms with Crippen LogP contribution in [-0.4, -0.2) is 16.5 Å². The summed E-state index contributed by atoms with van der Waals surface area (Å²) in [5, 5.41) is 3.49. The summed E-state index contributed by atoms with van der Waals surface area (Å²) in [4.78, 5) is 5.25. The van der Waals surface area contributed by atoms with Crippen LogP contribution in [0.4, 0.5) is 5.82 Å². The second-order valence-corrected chi connectivity index (χ2v) is 7.50. The Morgan fingerprint density at radius 3 is 2.67 bits per heavy atom. The highest BCUT2D eigenvalue weighted by Gasteiger charge is 2.23. The Bertz CT molecular complexity index is 535. The molecule has 0 spiro atoms. The van der Waals surface area contributed by atoms with Gasteiger partial charge in [0.2, 0.25) is 0 Å². The normalized spacial score (nSPS) is 14.9. The molecule has 0 amide bonds. The minimum Gasteiger partial charge on any atom is -0.389 e. The summed E-state index contributed by atoms with van der Waals surface area (Å²) in [6, 6.07) is 2.15. The van der Waals surface area contributed by atoms with Crippen LogP contribution < -0.4 is 11.1 Å². The molecule has 0 aromatic carbocycles. The van der Waals surface area contributed by atoms with Crippen LogP contribution in [0.15, 0.2) is 6.07 Å². The molecule has 0 saturated heterocycles. The third-order valence-corrected chi connectivity index (χ3v) is 5.06. The monoisotopic (exact) mass is 305 g/mol. The zero-order valence-electron chi connectivity index (χ0n) is 13.6. The van der Waals surface area contributed by atoms with E-state index in [9.17, 15) is 0 Å². The van der Waals surface area contributed by atoms with Gasteiger partial charge >= 0.3 is 0 Å². The number of aryl methyl sites for hydroxylation is 2. The third-order valence-electron chi connectivity index (χ3n) is 4.84. The fourth-order valence-corrected chi connectivity index (χ4v) is 2.63. The van der Waals surface area contributed by atoms with Gasteiger partial charge in [-0.3, -0.25) is 0 Å². The molecule has 1 aromatic rings. The highest BCUT2D eigenvalue weighted by molar-refractivity contribution is 7.80. The van der Waals surface area contributed by atoms with Gasteiger partial charge in [-0.2, -0.15) is 0 Å². The van der Waals surface area contributed by atoms with Crippen molar-refractivity contribution in [3.8, 4) is 0 Å². The van der Waals surface area contributed by atoms with E-state index in [0.29, 0.717) is 10.9 Å². The van der Waals surface area contributed by atoms with Crippen LogP contribution in [0.1, 0.15) is 57.4 Å². The molecule has 0 bridgehead atoms. The van der Waals surface area contributed by atoms with Crippen molar-refractivity contribution in [3.05, 3.63) is 22.9 Å². The van der Waals surface area contributed by atoms with Crippen molar-refractivity contribution in [2.75, 3.05) is 11.9 Å². The van der Waals surface area contributed by atoms with Gasteiger partial charge in [0.05, 0.1) is 5.56 Å². The van der Waals surface area contributed by atoms with E-state index < -0.39 is 0 Å². The van der Waals surface area contributed by atoms with E-state index in [-0.39, 0.29) is 5.41 Å². The van der Waals surface area contributed by atoms with Crippen LogP contribution in [0.2, 0.25) is 0 Å². The topological polar surface area (TPSA) is 50.9 Å². The predicted molar refractivity (Wildman–Crippen MR) is 93.9 cm³/mol. The Labute approximate surface area is 133 Å². The van der Waals surface area contributed by atoms with Gasteiger partial charge < -0.3 is 11.1 Å². The van der Waals surface area contributed by atoms with E-state index >= 15 is 0 Å². The maximum atomic E-state index is 5.90. The van der Waals surface area contributed by atoms with Crippen molar-refractivity contribution in [2.24, 2.45) is 17.1 Å². The lowest BCUT2D eigenvalue weighted by Gasteiger charge is -2.30. The summed E-state index contributed by atoms with van der Waals surface area (Å²) in [6.07, 6.45) is 4.62. The van der Waals surface area contributed by atoms with Gasteiger partial charge in [0, 0.05) is 12.2 Å². The number of pyridine rings is 1. The van der Waals surface area contributed by atoms with E-state index in [1.165, 1.54) is 24.1 Å². The molecule has 0 radical (unpaired) electrons. The lowest BCUT2D eigenvalue weighted by Crippen LogP contribution is -2.30. The maximum Gasteiger partial charge on any atom is 0.136 e. The Balaban J connectivity index is 2.27. The predicted octanol–water partition coefficient (Wildman–Crippen LogP) is 3.69. The van der Waals surface area contributed by atoms with E-state index in [0.717, 1.165) is 30.8 Å². The number of rotatable bonds is 5. The first-order valence-corrected chi connectivity index (χ1v) is 8.28. The van der Waals surface area contributed by atoms with Crippen LogP contribution in [0.3, 0.4) is 0 Å². The number of nitrogens with zero attached hydrogens (tertiary/aromatic N) is 1. The molecular weight excluding hydrogens is 278 g/mol. The first-order valence-electron chi connectivity index (χ1n) is 7.87. The van der Waals surface area contributed by atoms with Gasteiger partial charge in [-0.05, 0) is 48.6 Å². The summed E-state index contributed by atoms with van der Waals surface area (Å²) < 4.78 is 0. The molecule has 1 aromatic heterocycles. The third kappa shape index (κ3) is 3.73. The Kier molecular flexibility index (Phi) is 4.87. The summed E-state index contributed by atoms with van der Waals surface area (Å²) in [5.41, 5.74) is 9.52. The number of hydrogen-bond acceptors (Lipinski definition) is 3. The maximum absolute atomic E-state index is 5.90. The lowest BCUT2D eigenvalue weighted by atomic mass is 9.81. The number of aromatic nitrogens is 1. The number of fused-ring (bicyclic) bond motifs is 1. The molecule has 3 N–H and O–H groups in total. The molecule has 116 valence electrons. The van der Waals surface area contributed by atoms with Crippen molar-refractivity contribution in [1.29, 1.82) is 0 Å². The molecule has 0 fully saturated rings. The molecule has 2 rings (SSSR count). The first-order chi connectivity index (χ1) is 9.81. The van der Waals surface area contributed by atoms with E-state index in [1.54, 1.807) is 0 Å². The van der Waals surface area contributed by atoms with E-state index in [2.05, 4.69) is 39.1 Å². The smallest absolute Gasteiger partial charge is 0.136 e. The largest absolute Gasteiger partial charge is 0.389 e. The van der Waals surface area contributed by atoms with Crippen LogP contribution >= 0.6 is 12.2 Å². The van der Waals surface area contributed by atoms with Crippen LogP contribution in [0.5, 0.6) is 0 Å². The lowest BCUT2D eigenvalue weighted by molar-refractivity contribution is 0.269. The standard InChI is InChI=1S/C17H27N3S/c1-11(2)17(3,4)10-19-16-13(15(18)21)9-12-7-5-6-8-14(12)20-16/h9,11H,5-8,10H2,1-4H3,(H2,18,21)(H,19,20).